The van der Waals surface area contributed by atoms with Gasteiger partial charge in [0.05, 0.1) is 5.02 Å². The molecule has 0 aliphatic heterocycles. The minimum absolute atomic E-state index is 0.162. The summed E-state index contributed by atoms with van der Waals surface area (Å²) in [5, 5.41) is 21.9. The van der Waals surface area contributed by atoms with Crippen molar-refractivity contribution in [2.75, 3.05) is 24.7 Å². The molecular weight excluding hydrogens is 258 g/mol. The molecule has 0 radical (unpaired) electrons. The van der Waals surface area contributed by atoms with Gasteiger partial charge in [-0.3, -0.25) is 0 Å². The molecule has 0 saturated heterocycles. The number of benzene rings is 1. The Morgan fingerprint density at radius 3 is 2.88 bits per heavy atom. The van der Waals surface area contributed by atoms with E-state index in [0.29, 0.717) is 11.6 Å². The summed E-state index contributed by atoms with van der Waals surface area (Å²) in [5.41, 5.74) is 0.817. The first-order chi connectivity index (χ1) is 8.25. The Morgan fingerprint density at radius 2 is 2.12 bits per heavy atom. The van der Waals surface area contributed by atoms with Crippen LogP contribution in [0.25, 0.3) is 0 Å². The average molecular weight is 276 g/mol. The highest BCUT2D eigenvalue weighted by Crippen LogP contribution is 2.26. The second-order valence-electron chi connectivity index (χ2n) is 3.61. The molecule has 0 aliphatic carbocycles. The fourth-order valence-corrected chi connectivity index (χ4v) is 2.36. The van der Waals surface area contributed by atoms with Gasteiger partial charge in [0.2, 0.25) is 0 Å². The van der Waals surface area contributed by atoms with Crippen molar-refractivity contribution in [3.63, 3.8) is 0 Å². The maximum Gasteiger partial charge on any atom is 0.138 e. The number of aliphatic hydroxyl groups is 1. The lowest BCUT2D eigenvalue weighted by Gasteiger charge is -2.07. The van der Waals surface area contributed by atoms with E-state index in [1.165, 1.54) is 0 Å². The van der Waals surface area contributed by atoms with Crippen molar-refractivity contribution in [2.45, 2.75) is 13.0 Å². The van der Waals surface area contributed by atoms with Crippen LogP contribution in [0.3, 0.4) is 0 Å². The number of phenolic OH excluding ortho intramolecular Hbond substituents is 1. The van der Waals surface area contributed by atoms with Crippen molar-refractivity contribution in [1.82, 2.24) is 5.32 Å². The monoisotopic (exact) mass is 275 g/mol. The zero-order valence-corrected chi connectivity index (χ0v) is 11.2. The van der Waals surface area contributed by atoms with E-state index in [1.807, 2.05) is 23.9 Å². The first-order valence-corrected chi connectivity index (χ1v) is 7.14. The summed E-state index contributed by atoms with van der Waals surface area (Å²) in [6.45, 7) is 1.76. The fourth-order valence-electron chi connectivity index (χ4n) is 1.34. The Bertz CT molecular complexity index is 336. The minimum atomic E-state index is 0.162. The molecule has 0 atom stereocenters. The third kappa shape index (κ3) is 5.64. The molecule has 0 aromatic heterocycles. The van der Waals surface area contributed by atoms with E-state index in [0.717, 1.165) is 30.0 Å². The number of nitrogens with one attached hydrogen (secondary N) is 1. The number of phenols is 1. The van der Waals surface area contributed by atoms with Gasteiger partial charge in [0, 0.05) is 31.0 Å². The van der Waals surface area contributed by atoms with E-state index in [4.69, 9.17) is 16.7 Å². The van der Waals surface area contributed by atoms with Crippen molar-refractivity contribution >= 4 is 23.4 Å². The Balaban J connectivity index is 2.16. The number of para-hydroxylation sites is 1. The van der Waals surface area contributed by atoms with Crippen LogP contribution in [0.4, 0.5) is 0 Å². The summed E-state index contributed by atoms with van der Waals surface area (Å²) in [7, 11) is 0. The molecule has 3 nitrogen and oxygen atoms in total. The topological polar surface area (TPSA) is 52.5 Å². The lowest BCUT2D eigenvalue weighted by atomic mass is 10.2. The van der Waals surface area contributed by atoms with Gasteiger partial charge in [0.15, 0.2) is 0 Å². The Morgan fingerprint density at radius 1 is 1.29 bits per heavy atom. The fraction of sp³-hybridized carbons (Fsp3) is 0.500. The van der Waals surface area contributed by atoms with E-state index in [-0.39, 0.29) is 12.4 Å². The predicted octanol–water partition coefficient (Wildman–Crippen LogP) is 2.25. The molecule has 96 valence electrons. The van der Waals surface area contributed by atoms with Crippen LogP contribution in [0, 0.1) is 0 Å². The van der Waals surface area contributed by atoms with Crippen LogP contribution in [0.2, 0.25) is 5.02 Å². The highest BCUT2D eigenvalue weighted by atomic mass is 35.5. The van der Waals surface area contributed by atoms with Gasteiger partial charge < -0.3 is 15.5 Å². The molecule has 1 aromatic carbocycles. The van der Waals surface area contributed by atoms with Crippen LogP contribution in [0.1, 0.15) is 12.0 Å². The molecule has 0 spiro atoms. The first-order valence-electron chi connectivity index (χ1n) is 5.61. The van der Waals surface area contributed by atoms with Gasteiger partial charge >= 0.3 is 0 Å². The summed E-state index contributed by atoms with van der Waals surface area (Å²) in [6, 6.07) is 5.35. The third-order valence-corrected chi connectivity index (χ3v) is 3.63. The van der Waals surface area contributed by atoms with Crippen LogP contribution in [0.15, 0.2) is 18.2 Å². The molecule has 0 fully saturated rings. The highest BCUT2D eigenvalue weighted by Gasteiger charge is 2.03. The molecule has 3 N–H and O–H groups in total. The second kappa shape index (κ2) is 8.64. The number of rotatable bonds is 8. The molecule has 1 rings (SSSR count). The molecule has 0 unspecified atom stereocenters. The van der Waals surface area contributed by atoms with E-state index in [1.54, 1.807) is 6.07 Å². The molecule has 0 saturated carbocycles. The first kappa shape index (κ1) is 14.6. The molecule has 17 heavy (non-hydrogen) atoms. The summed E-state index contributed by atoms with van der Waals surface area (Å²) in [6.07, 6.45) is 0.847. The van der Waals surface area contributed by atoms with Gasteiger partial charge in [0.25, 0.3) is 0 Å². The quantitative estimate of drug-likeness (QED) is 0.637. The summed E-state index contributed by atoms with van der Waals surface area (Å²) in [5.74, 6) is 2.15. The van der Waals surface area contributed by atoms with E-state index >= 15 is 0 Å². The maximum atomic E-state index is 9.67. The molecule has 0 bridgehead atoms. The molecule has 0 heterocycles. The summed E-state index contributed by atoms with van der Waals surface area (Å²) < 4.78 is 0. The Kier molecular flexibility index (Phi) is 7.44. The number of halogens is 1. The van der Waals surface area contributed by atoms with Crippen LogP contribution >= 0.6 is 23.4 Å². The van der Waals surface area contributed by atoms with E-state index < -0.39 is 0 Å². The smallest absolute Gasteiger partial charge is 0.138 e. The molecule has 1 aromatic rings. The Labute approximate surface area is 111 Å². The van der Waals surface area contributed by atoms with Crippen molar-refractivity contribution in [3.05, 3.63) is 28.8 Å². The standard InChI is InChI=1S/C12H18ClNO2S/c13-11-4-1-3-10(12(11)16)9-14-5-8-17-7-2-6-15/h1,3-4,14-16H,2,5-9H2. The number of thioether (sulfide) groups is 1. The van der Waals surface area contributed by atoms with Crippen molar-refractivity contribution in [1.29, 1.82) is 0 Å². The molecule has 0 aliphatic rings. The second-order valence-corrected chi connectivity index (χ2v) is 5.25. The van der Waals surface area contributed by atoms with Gasteiger partial charge in [0.1, 0.15) is 5.75 Å². The maximum absolute atomic E-state index is 9.67. The van der Waals surface area contributed by atoms with Gasteiger partial charge in [-0.15, -0.1) is 0 Å². The summed E-state index contributed by atoms with van der Waals surface area (Å²) >= 11 is 7.61. The van der Waals surface area contributed by atoms with Crippen molar-refractivity contribution < 1.29 is 10.2 Å². The normalized spacial score (nSPS) is 10.7. The zero-order valence-electron chi connectivity index (χ0n) is 9.66. The molecular formula is C12H18ClNO2S. The lowest BCUT2D eigenvalue weighted by Crippen LogP contribution is -2.16. The number of hydrogen-bond acceptors (Lipinski definition) is 4. The number of hydrogen-bond donors (Lipinski definition) is 3. The van der Waals surface area contributed by atoms with Crippen LogP contribution < -0.4 is 5.32 Å². The minimum Gasteiger partial charge on any atom is -0.506 e. The highest BCUT2D eigenvalue weighted by molar-refractivity contribution is 7.99. The Hall–Kier alpha value is -0.420. The third-order valence-electron chi connectivity index (χ3n) is 2.26. The van der Waals surface area contributed by atoms with Crippen LogP contribution in [-0.2, 0) is 6.54 Å². The van der Waals surface area contributed by atoms with Gasteiger partial charge in [-0.25, -0.2) is 0 Å². The summed E-state index contributed by atoms with van der Waals surface area (Å²) in [4.78, 5) is 0. The molecule has 0 amide bonds. The number of aliphatic hydroxyl groups excluding tert-OH is 1. The largest absolute Gasteiger partial charge is 0.506 e. The molecule has 5 heteroatoms. The number of aromatic hydroxyl groups is 1. The van der Waals surface area contributed by atoms with Crippen LogP contribution in [0.5, 0.6) is 5.75 Å². The van der Waals surface area contributed by atoms with Gasteiger partial charge in [-0.1, -0.05) is 23.7 Å². The van der Waals surface area contributed by atoms with E-state index in [9.17, 15) is 5.11 Å². The van der Waals surface area contributed by atoms with Gasteiger partial charge in [-0.05, 0) is 18.2 Å². The SMILES string of the molecule is OCCCSCCNCc1cccc(Cl)c1O. The van der Waals surface area contributed by atoms with Crippen molar-refractivity contribution in [3.8, 4) is 5.75 Å². The average Bonchev–Trinajstić information content (AvgIpc) is 2.33. The zero-order chi connectivity index (χ0) is 12.5. The van der Waals surface area contributed by atoms with Gasteiger partial charge in [-0.2, -0.15) is 11.8 Å². The predicted molar refractivity (Wildman–Crippen MR) is 73.9 cm³/mol. The lowest BCUT2D eigenvalue weighted by molar-refractivity contribution is 0.296. The van der Waals surface area contributed by atoms with E-state index in [2.05, 4.69) is 5.32 Å². The van der Waals surface area contributed by atoms with Crippen LogP contribution in [-0.4, -0.2) is 34.9 Å². The van der Waals surface area contributed by atoms with Crippen molar-refractivity contribution in [2.24, 2.45) is 0 Å².